The highest BCUT2D eigenvalue weighted by Crippen LogP contribution is 2.29. The molecule has 0 saturated carbocycles. The quantitative estimate of drug-likeness (QED) is 0.660. The van der Waals surface area contributed by atoms with Gasteiger partial charge in [0.15, 0.2) is 0 Å². The van der Waals surface area contributed by atoms with Gasteiger partial charge in [0.1, 0.15) is 0 Å². The molecule has 2 rings (SSSR count). The van der Waals surface area contributed by atoms with Gasteiger partial charge in [-0.1, -0.05) is 0 Å². The lowest BCUT2D eigenvalue weighted by atomic mass is 10.2. The van der Waals surface area contributed by atoms with E-state index in [1.54, 1.807) is 12.1 Å². The molecule has 110 valence electrons. The van der Waals surface area contributed by atoms with Crippen LogP contribution in [0, 0.1) is 10.1 Å². The van der Waals surface area contributed by atoms with E-state index >= 15 is 0 Å². The van der Waals surface area contributed by atoms with E-state index in [0.29, 0.717) is 6.04 Å². The molecule has 1 saturated heterocycles. The number of non-ortho nitro benzene ring substituents is 1. The van der Waals surface area contributed by atoms with Crippen LogP contribution in [-0.4, -0.2) is 49.6 Å². The minimum Gasteiger partial charge on any atom is -0.385 e. The van der Waals surface area contributed by atoms with Gasteiger partial charge in [0.05, 0.1) is 4.92 Å². The van der Waals surface area contributed by atoms with Crippen molar-refractivity contribution in [2.75, 3.05) is 43.9 Å². The normalized spacial score (nSPS) is 18.6. The third-order valence-corrected chi connectivity index (χ3v) is 3.75. The first kappa shape index (κ1) is 14.6. The summed E-state index contributed by atoms with van der Waals surface area (Å²) in [6.07, 6.45) is 1.09. The minimum atomic E-state index is -0.330. The Hall–Kier alpha value is -1.82. The van der Waals surface area contributed by atoms with Crippen LogP contribution in [0.4, 0.5) is 17.1 Å². The Balaban J connectivity index is 2.24. The zero-order valence-electron chi connectivity index (χ0n) is 12.3. The van der Waals surface area contributed by atoms with Crippen LogP contribution >= 0.6 is 0 Å². The van der Waals surface area contributed by atoms with Crippen LogP contribution in [0.1, 0.15) is 13.3 Å². The van der Waals surface area contributed by atoms with E-state index in [9.17, 15) is 10.1 Å². The molecule has 0 spiro atoms. The van der Waals surface area contributed by atoms with Crippen molar-refractivity contribution in [3.63, 3.8) is 0 Å². The van der Waals surface area contributed by atoms with Gasteiger partial charge in [0.2, 0.25) is 0 Å². The van der Waals surface area contributed by atoms with E-state index in [1.165, 1.54) is 0 Å². The summed E-state index contributed by atoms with van der Waals surface area (Å²) in [5.41, 5.74) is 1.89. The second kappa shape index (κ2) is 6.09. The molecule has 1 atom stereocenters. The van der Waals surface area contributed by atoms with Gasteiger partial charge in [0, 0.05) is 49.2 Å². The first-order chi connectivity index (χ1) is 9.51. The number of nitro benzene ring substituents is 1. The van der Waals surface area contributed by atoms with Gasteiger partial charge in [-0.05, 0) is 33.5 Å². The average Bonchev–Trinajstić information content (AvgIpc) is 2.88. The monoisotopic (exact) mass is 278 g/mol. The molecule has 1 aromatic rings. The van der Waals surface area contributed by atoms with Crippen molar-refractivity contribution in [1.82, 2.24) is 4.90 Å². The van der Waals surface area contributed by atoms with Crippen molar-refractivity contribution in [2.45, 2.75) is 19.4 Å². The Labute approximate surface area is 119 Å². The van der Waals surface area contributed by atoms with Gasteiger partial charge >= 0.3 is 0 Å². The van der Waals surface area contributed by atoms with Crippen LogP contribution in [0.25, 0.3) is 0 Å². The topological polar surface area (TPSA) is 61.6 Å². The molecular formula is C14H22N4O2. The maximum atomic E-state index is 11.0. The number of rotatable bonds is 5. The molecule has 6 heteroatoms. The zero-order chi connectivity index (χ0) is 14.7. The number of hydrogen-bond donors (Lipinski definition) is 1. The summed E-state index contributed by atoms with van der Waals surface area (Å²) in [6, 6.07) is 5.76. The van der Waals surface area contributed by atoms with Crippen molar-refractivity contribution < 1.29 is 4.92 Å². The molecule has 1 aromatic carbocycles. The van der Waals surface area contributed by atoms with Crippen molar-refractivity contribution in [3.8, 4) is 0 Å². The molecule has 1 heterocycles. The van der Waals surface area contributed by atoms with E-state index in [2.05, 4.69) is 29.2 Å². The van der Waals surface area contributed by atoms with Gasteiger partial charge in [0.25, 0.3) is 5.69 Å². The fourth-order valence-corrected chi connectivity index (χ4v) is 2.59. The SMILES string of the molecule is CCNc1cc(N2CCC(N(C)C)C2)cc([N+](=O)[O-])c1. The maximum absolute atomic E-state index is 11.0. The Kier molecular flexibility index (Phi) is 4.44. The number of nitro groups is 1. The molecule has 0 amide bonds. The van der Waals surface area contributed by atoms with Crippen molar-refractivity contribution in [1.29, 1.82) is 0 Å². The number of nitrogens with one attached hydrogen (secondary N) is 1. The van der Waals surface area contributed by atoms with E-state index in [1.807, 2.05) is 13.0 Å². The second-order valence-corrected chi connectivity index (χ2v) is 5.38. The molecule has 1 N–H and O–H groups in total. The Bertz CT molecular complexity index is 490. The zero-order valence-corrected chi connectivity index (χ0v) is 12.3. The third-order valence-electron chi connectivity index (χ3n) is 3.75. The van der Waals surface area contributed by atoms with Gasteiger partial charge < -0.3 is 15.1 Å². The summed E-state index contributed by atoms with van der Waals surface area (Å²) < 4.78 is 0. The van der Waals surface area contributed by atoms with Crippen LogP contribution in [0.15, 0.2) is 18.2 Å². The third kappa shape index (κ3) is 3.19. The molecule has 1 fully saturated rings. The van der Waals surface area contributed by atoms with Gasteiger partial charge in [-0.2, -0.15) is 0 Å². The molecule has 0 aromatic heterocycles. The van der Waals surface area contributed by atoms with Crippen molar-refractivity contribution >= 4 is 17.1 Å². The predicted octanol–water partition coefficient (Wildman–Crippen LogP) is 2.17. The summed E-state index contributed by atoms with van der Waals surface area (Å²) in [4.78, 5) is 15.2. The van der Waals surface area contributed by atoms with Crippen LogP contribution in [0.3, 0.4) is 0 Å². The van der Waals surface area contributed by atoms with Gasteiger partial charge in [-0.15, -0.1) is 0 Å². The number of nitrogens with zero attached hydrogens (tertiary/aromatic N) is 3. The predicted molar refractivity (Wildman–Crippen MR) is 81.6 cm³/mol. The van der Waals surface area contributed by atoms with Crippen LogP contribution in [0.2, 0.25) is 0 Å². The summed E-state index contributed by atoms with van der Waals surface area (Å²) in [5, 5.41) is 14.2. The highest BCUT2D eigenvalue weighted by atomic mass is 16.6. The van der Waals surface area contributed by atoms with E-state index in [4.69, 9.17) is 0 Å². The molecule has 0 radical (unpaired) electrons. The number of hydrogen-bond acceptors (Lipinski definition) is 5. The summed E-state index contributed by atoms with van der Waals surface area (Å²) in [7, 11) is 4.15. The van der Waals surface area contributed by atoms with E-state index < -0.39 is 0 Å². The molecule has 0 aliphatic carbocycles. The molecule has 20 heavy (non-hydrogen) atoms. The first-order valence-corrected chi connectivity index (χ1v) is 6.96. The van der Waals surface area contributed by atoms with Crippen LogP contribution < -0.4 is 10.2 Å². The average molecular weight is 278 g/mol. The smallest absolute Gasteiger partial charge is 0.273 e. The molecule has 0 bridgehead atoms. The molecule has 1 unspecified atom stereocenters. The summed E-state index contributed by atoms with van der Waals surface area (Å²) in [5.74, 6) is 0. The Morgan fingerprint density at radius 2 is 2.20 bits per heavy atom. The molecule has 6 nitrogen and oxygen atoms in total. The van der Waals surface area contributed by atoms with Crippen LogP contribution in [-0.2, 0) is 0 Å². The second-order valence-electron chi connectivity index (χ2n) is 5.38. The molecular weight excluding hydrogens is 256 g/mol. The highest BCUT2D eigenvalue weighted by Gasteiger charge is 2.25. The molecule has 1 aliphatic rings. The molecule has 1 aliphatic heterocycles. The largest absolute Gasteiger partial charge is 0.385 e. The first-order valence-electron chi connectivity index (χ1n) is 6.96. The Morgan fingerprint density at radius 1 is 1.45 bits per heavy atom. The maximum Gasteiger partial charge on any atom is 0.273 e. The lowest BCUT2D eigenvalue weighted by molar-refractivity contribution is -0.384. The van der Waals surface area contributed by atoms with E-state index in [-0.39, 0.29) is 10.6 Å². The fourth-order valence-electron chi connectivity index (χ4n) is 2.59. The van der Waals surface area contributed by atoms with Crippen LogP contribution in [0.5, 0.6) is 0 Å². The summed E-state index contributed by atoms with van der Waals surface area (Å²) in [6.45, 7) is 4.59. The number of anilines is 2. The minimum absolute atomic E-state index is 0.145. The lowest BCUT2D eigenvalue weighted by Crippen LogP contribution is -2.31. The van der Waals surface area contributed by atoms with Gasteiger partial charge in [-0.25, -0.2) is 0 Å². The Morgan fingerprint density at radius 3 is 2.75 bits per heavy atom. The summed E-state index contributed by atoms with van der Waals surface area (Å²) >= 11 is 0. The lowest BCUT2D eigenvalue weighted by Gasteiger charge is -2.22. The van der Waals surface area contributed by atoms with Gasteiger partial charge in [-0.3, -0.25) is 10.1 Å². The fraction of sp³-hybridized carbons (Fsp3) is 0.571. The van der Waals surface area contributed by atoms with Crippen molar-refractivity contribution in [2.24, 2.45) is 0 Å². The standard InChI is InChI=1S/C14H22N4O2/c1-4-15-11-7-13(9-14(8-11)18(19)20)17-6-5-12(10-17)16(2)3/h7-9,12,15H,4-6,10H2,1-3H3. The highest BCUT2D eigenvalue weighted by molar-refractivity contribution is 5.65. The van der Waals surface area contributed by atoms with Crippen molar-refractivity contribution in [3.05, 3.63) is 28.3 Å². The number of likely N-dealkylation sites (N-methyl/N-ethyl adjacent to an activating group) is 1. The van der Waals surface area contributed by atoms with E-state index in [0.717, 1.165) is 37.4 Å². The number of benzene rings is 1.